The molecule has 0 radical (unpaired) electrons. The number of fused-ring (bicyclic) bond motifs is 3. The van der Waals surface area contributed by atoms with E-state index in [0.29, 0.717) is 17.7 Å². The molecule has 1 unspecified atom stereocenters. The van der Waals surface area contributed by atoms with Crippen molar-refractivity contribution in [3.8, 4) is 5.75 Å². The first-order valence-corrected chi connectivity index (χ1v) is 9.71. The Balaban J connectivity index is 1.58. The van der Waals surface area contributed by atoms with Gasteiger partial charge in [-0.15, -0.1) is 0 Å². The van der Waals surface area contributed by atoms with Crippen molar-refractivity contribution in [2.75, 3.05) is 7.11 Å². The number of benzene rings is 2. The van der Waals surface area contributed by atoms with Crippen LogP contribution < -0.4 is 9.46 Å². The molecule has 0 spiro atoms. The molecule has 0 aliphatic heterocycles. The fraction of sp³-hybridized carbons (Fsp3) is 0.263. The number of aromatic amines is 1. The van der Waals surface area contributed by atoms with Crippen molar-refractivity contribution in [2.45, 2.75) is 30.7 Å². The van der Waals surface area contributed by atoms with Gasteiger partial charge in [0.1, 0.15) is 5.75 Å². The fourth-order valence-corrected chi connectivity index (χ4v) is 4.71. The maximum absolute atomic E-state index is 12.6. The number of aromatic nitrogens is 1. The van der Waals surface area contributed by atoms with E-state index in [9.17, 15) is 8.42 Å². The lowest BCUT2D eigenvalue weighted by molar-refractivity contribution is 0.415. The molecule has 0 fully saturated rings. The lowest BCUT2D eigenvalue weighted by atomic mass is 10.1. The summed E-state index contributed by atoms with van der Waals surface area (Å²) in [5.74, 6) is 0.804. The Morgan fingerprint density at radius 2 is 1.88 bits per heavy atom. The van der Waals surface area contributed by atoms with Gasteiger partial charge in [0.05, 0.1) is 12.0 Å². The van der Waals surface area contributed by atoms with E-state index in [1.54, 1.807) is 19.2 Å². The first-order valence-electron chi connectivity index (χ1n) is 8.23. The highest BCUT2D eigenvalue weighted by Gasteiger charge is 2.29. The Bertz CT molecular complexity index is 1040. The van der Waals surface area contributed by atoms with Crippen molar-refractivity contribution in [1.29, 1.82) is 0 Å². The van der Waals surface area contributed by atoms with E-state index in [1.807, 2.05) is 37.3 Å². The molecule has 1 aromatic heterocycles. The van der Waals surface area contributed by atoms with Gasteiger partial charge in [-0.05, 0) is 49.2 Å². The molecule has 1 atom stereocenters. The summed E-state index contributed by atoms with van der Waals surface area (Å²) in [5, 5.41) is 1.10. The van der Waals surface area contributed by atoms with Crippen molar-refractivity contribution in [3.05, 3.63) is 59.3 Å². The molecule has 1 heterocycles. The van der Waals surface area contributed by atoms with E-state index >= 15 is 0 Å². The number of hydrogen-bond acceptors (Lipinski definition) is 3. The number of rotatable bonds is 4. The second kappa shape index (κ2) is 5.89. The van der Waals surface area contributed by atoms with Crippen LogP contribution in [-0.2, 0) is 22.9 Å². The van der Waals surface area contributed by atoms with Crippen molar-refractivity contribution < 1.29 is 13.2 Å². The van der Waals surface area contributed by atoms with Crippen LogP contribution >= 0.6 is 0 Å². The van der Waals surface area contributed by atoms with Crippen molar-refractivity contribution in [3.63, 3.8) is 0 Å². The van der Waals surface area contributed by atoms with Crippen LogP contribution in [0.15, 0.2) is 47.4 Å². The monoisotopic (exact) mass is 356 g/mol. The molecule has 2 aromatic carbocycles. The number of sulfonamides is 1. The molecule has 25 heavy (non-hydrogen) atoms. The molecule has 6 heteroatoms. The topological polar surface area (TPSA) is 71.2 Å². The minimum Gasteiger partial charge on any atom is -0.497 e. The zero-order valence-electron chi connectivity index (χ0n) is 14.2. The van der Waals surface area contributed by atoms with E-state index in [1.165, 1.54) is 5.56 Å². The van der Waals surface area contributed by atoms with Gasteiger partial charge in [0, 0.05) is 29.1 Å². The lowest BCUT2D eigenvalue weighted by Crippen LogP contribution is -2.35. The highest BCUT2D eigenvalue weighted by molar-refractivity contribution is 7.89. The highest BCUT2D eigenvalue weighted by atomic mass is 32.2. The number of ether oxygens (including phenoxy) is 1. The third-order valence-corrected chi connectivity index (χ3v) is 6.29. The van der Waals surface area contributed by atoms with Gasteiger partial charge in [0.25, 0.3) is 0 Å². The van der Waals surface area contributed by atoms with Crippen molar-refractivity contribution >= 4 is 20.9 Å². The molecule has 2 N–H and O–H groups in total. The Hall–Kier alpha value is -2.31. The van der Waals surface area contributed by atoms with Gasteiger partial charge in [-0.25, -0.2) is 13.1 Å². The van der Waals surface area contributed by atoms with Crippen LogP contribution in [0.2, 0.25) is 0 Å². The van der Waals surface area contributed by atoms with Gasteiger partial charge in [0.15, 0.2) is 0 Å². The predicted octanol–water partition coefficient (Wildman–Crippen LogP) is 2.93. The molecule has 1 aliphatic carbocycles. The van der Waals surface area contributed by atoms with Gasteiger partial charge < -0.3 is 9.72 Å². The number of methoxy groups -OCH3 is 1. The SMILES string of the molecule is COc1ccc2[nH]c3c(c2c1)CC(NS(=O)(=O)c1ccc(C)cc1)C3. The van der Waals surface area contributed by atoms with Gasteiger partial charge in [-0.3, -0.25) is 0 Å². The molecule has 0 bridgehead atoms. The van der Waals surface area contributed by atoms with E-state index in [0.717, 1.165) is 27.9 Å². The van der Waals surface area contributed by atoms with Crippen LogP contribution in [0.1, 0.15) is 16.8 Å². The Kier molecular flexibility index (Phi) is 3.81. The Morgan fingerprint density at radius 1 is 1.12 bits per heavy atom. The average molecular weight is 356 g/mol. The number of aryl methyl sites for hydroxylation is 1. The minimum atomic E-state index is -3.51. The zero-order chi connectivity index (χ0) is 17.6. The normalized spacial score (nSPS) is 17.0. The molecule has 4 rings (SSSR count). The fourth-order valence-electron chi connectivity index (χ4n) is 3.47. The summed E-state index contributed by atoms with van der Waals surface area (Å²) in [6.45, 7) is 1.94. The second-order valence-corrected chi connectivity index (χ2v) is 8.25. The molecule has 5 nitrogen and oxygen atoms in total. The van der Waals surface area contributed by atoms with Crippen LogP contribution in [0, 0.1) is 6.92 Å². The van der Waals surface area contributed by atoms with Gasteiger partial charge >= 0.3 is 0 Å². The molecule has 130 valence electrons. The summed E-state index contributed by atoms with van der Waals surface area (Å²) in [6, 6.07) is 12.7. The number of nitrogens with one attached hydrogen (secondary N) is 2. The summed E-state index contributed by atoms with van der Waals surface area (Å²) < 4.78 is 33.3. The Labute approximate surface area is 147 Å². The highest BCUT2D eigenvalue weighted by Crippen LogP contribution is 2.32. The lowest BCUT2D eigenvalue weighted by Gasteiger charge is -2.13. The van der Waals surface area contributed by atoms with E-state index < -0.39 is 10.0 Å². The van der Waals surface area contributed by atoms with Crippen LogP contribution in [0.4, 0.5) is 0 Å². The predicted molar refractivity (Wildman–Crippen MR) is 97.5 cm³/mol. The van der Waals surface area contributed by atoms with Crippen LogP contribution in [0.5, 0.6) is 5.75 Å². The van der Waals surface area contributed by atoms with Crippen molar-refractivity contribution in [2.24, 2.45) is 0 Å². The molecule has 1 aliphatic rings. The molecule has 0 saturated heterocycles. The van der Waals surface area contributed by atoms with Crippen molar-refractivity contribution in [1.82, 2.24) is 9.71 Å². The zero-order valence-corrected chi connectivity index (χ0v) is 15.0. The molecule has 3 aromatic rings. The van der Waals surface area contributed by atoms with E-state index in [-0.39, 0.29) is 6.04 Å². The molecular formula is C19H20N2O3S. The van der Waals surface area contributed by atoms with Crippen LogP contribution in [0.25, 0.3) is 10.9 Å². The molecular weight excluding hydrogens is 336 g/mol. The summed E-state index contributed by atoms with van der Waals surface area (Å²) in [4.78, 5) is 3.71. The van der Waals surface area contributed by atoms with Crippen LogP contribution in [0.3, 0.4) is 0 Å². The standard InChI is InChI=1S/C19H20N2O3S/c1-12-3-6-15(7-4-12)25(22,23)21-13-9-16-17-11-14(24-2)5-8-18(17)20-19(16)10-13/h3-8,11,13,20-21H,9-10H2,1-2H3. The first-order chi connectivity index (χ1) is 12.0. The minimum absolute atomic E-state index is 0.136. The maximum atomic E-state index is 12.6. The smallest absolute Gasteiger partial charge is 0.240 e. The number of hydrogen-bond donors (Lipinski definition) is 2. The second-order valence-electron chi connectivity index (χ2n) is 6.53. The summed E-state index contributed by atoms with van der Waals surface area (Å²) in [7, 11) is -1.87. The van der Waals surface area contributed by atoms with Gasteiger partial charge in [-0.1, -0.05) is 17.7 Å². The molecule has 0 saturated carbocycles. The van der Waals surface area contributed by atoms with E-state index in [2.05, 4.69) is 9.71 Å². The Morgan fingerprint density at radius 3 is 2.60 bits per heavy atom. The first kappa shape index (κ1) is 16.2. The third kappa shape index (κ3) is 2.92. The van der Waals surface area contributed by atoms with Gasteiger partial charge in [-0.2, -0.15) is 0 Å². The summed E-state index contributed by atoms with van der Waals surface area (Å²) in [5.41, 5.74) is 4.37. The van der Waals surface area contributed by atoms with Crippen LogP contribution in [-0.4, -0.2) is 26.6 Å². The number of H-pyrrole nitrogens is 1. The third-order valence-electron chi connectivity index (χ3n) is 4.76. The average Bonchev–Trinajstić information content (AvgIpc) is 3.11. The quantitative estimate of drug-likeness (QED) is 0.755. The summed E-state index contributed by atoms with van der Waals surface area (Å²) in [6.07, 6.45) is 1.34. The van der Waals surface area contributed by atoms with Gasteiger partial charge in [0.2, 0.25) is 10.0 Å². The summed E-state index contributed by atoms with van der Waals surface area (Å²) >= 11 is 0. The largest absolute Gasteiger partial charge is 0.497 e. The molecule has 0 amide bonds. The maximum Gasteiger partial charge on any atom is 0.240 e. The van der Waals surface area contributed by atoms with E-state index in [4.69, 9.17) is 4.74 Å².